The number of likely N-dealkylation sites (tertiary alicyclic amines) is 1. The third-order valence-corrected chi connectivity index (χ3v) is 5.25. The first-order valence-corrected chi connectivity index (χ1v) is 10.4. The first-order valence-electron chi connectivity index (χ1n) is 10.4. The largest absolute Gasteiger partial charge is 0.466 e. The number of piperidine rings is 1. The summed E-state index contributed by atoms with van der Waals surface area (Å²) in [6.45, 7) is 9.49. The van der Waals surface area contributed by atoms with Crippen LogP contribution in [0.2, 0.25) is 0 Å². The molecule has 0 saturated carbocycles. The molecule has 2 aliphatic rings. The van der Waals surface area contributed by atoms with Crippen LogP contribution in [0.15, 0.2) is 41.4 Å². The van der Waals surface area contributed by atoms with E-state index in [4.69, 9.17) is 9.73 Å². The Kier molecular flexibility index (Phi) is 9.76. The van der Waals surface area contributed by atoms with Crippen molar-refractivity contribution >= 4 is 41.6 Å². The average Bonchev–Trinajstić information content (AvgIpc) is 3.27. The van der Waals surface area contributed by atoms with Gasteiger partial charge in [0, 0.05) is 38.4 Å². The van der Waals surface area contributed by atoms with Crippen molar-refractivity contribution in [1.82, 2.24) is 10.2 Å². The minimum atomic E-state index is -0.0580. The number of halogens is 1. The van der Waals surface area contributed by atoms with Gasteiger partial charge in [-0.05, 0) is 44.4 Å². The number of ether oxygens (including phenoxy) is 1. The number of hydrogen-bond donors (Lipinski definition) is 1. The second-order valence-electron chi connectivity index (χ2n) is 7.23. The Labute approximate surface area is 191 Å². The highest BCUT2D eigenvalue weighted by molar-refractivity contribution is 14.0. The molecule has 0 unspecified atom stereocenters. The lowest BCUT2D eigenvalue weighted by Crippen LogP contribution is -2.46. The zero-order valence-corrected chi connectivity index (χ0v) is 19.8. The summed E-state index contributed by atoms with van der Waals surface area (Å²) >= 11 is 0. The van der Waals surface area contributed by atoms with E-state index < -0.39 is 0 Å². The molecular weight excluding hydrogens is 479 g/mol. The van der Waals surface area contributed by atoms with Gasteiger partial charge in [-0.3, -0.25) is 4.79 Å². The molecule has 0 radical (unpaired) electrons. The summed E-state index contributed by atoms with van der Waals surface area (Å²) in [6, 6.07) is 8.63. The van der Waals surface area contributed by atoms with Crippen LogP contribution in [0, 0.1) is 5.92 Å². The van der Waals surface area contributed by atoms with E-state index >= 15 is 0 Å². The lowest BCUT2D eigenvalue weighted by molar-refractivity contribution is -0.149. The molecule has 0 atom stereocenters. The van der Waals surface area contributed by atoms with Crippen LogP contribution in [-0.4, -0.2) is 56.2 Å². The van der Waals surface area contributed by atoms with E-state index in [0.717, 1.165) is 51.5 Å². The predicted molar refractivity (Wildman–Crippen MR) is 129 cm³/mol. The van der Waals surface area contributed by atoms with Crippen LogP contribution >= 0.6 is 24.0 Å². The van der Waals surface area contributed by atoms with E-state index in [1.165, 1.54) is 11.3 Å². The molecule has 0 bridgehead atoms. The Morgan fingerprint density at radius 2 is 1.93 bits per heavy atom. The summed E-state index contributed by atoms with van der Waals surface area (Å²) < 4.78 is 5.17. The maximum absolute atomic E-state index is 12.0. The Morgan fingerprint density at radius 3 is 2.59 bits per heavy atom. The third-order valence-electron chi connectivity index (χ3n) is 5.25. The monoisotopic (exact) mass is 512 g/mol. The smallest absolute Gasteiger partial charge is 0.309 e. The summed E-state index contributed by atoms with van der Waals surface area (Å²) in [5, 5.41) is 3.40. The number of nitrogens with one attached hydrogen (secondary N) is 1. The van der Waals surface area contributed by atoms with E-state index in [-0.39, 0.29) is 35.9 Å². The van der Waals surface area contributed by atoms with Crippen LogP contribution in [0.1, 0.15) is 32.3 Å². The lowest BCUT2D eigenvalue weighted by Gasteiger charge is -2.33. The highest BCUT2D eigenvalue weighted by Gasteiger charge is 2.27. The molecule has 0 aromatic heterocycles. The molecule has 0 spiro atoms. The van der Waals surface area contributed by atoms with Crippen LogP contribution < -0.4 is 10.2 Å². The average molecular weight is 512 g/mol. The van der Waals surface area contributed by atoms with Crippen molar-refractivity contribution in [2.24, 2.45) is 10.9 Å². The summed E-state index contributed by atoms with van der Waals surface area (Å²) in [5.74, 6) is 0.889. The summed E-state index contributed by atoms with van der Waals surface area (Å²) in [5.41, 5.74) is 2.46. The summed E-state index contributed by atoms with van der Waals surface area (Å²) in [6.07, 6.45) is 6.05. The van der Waals surface area contributed by atoms with Crippen LogP contribution in [0.25, 0.3) is 0 Å². The van der Waals surface area contributed by atoms with Crippen molar-refractivity contribution < 1.29 is 9.53 Å². The molecule has 1 fully saturated rings. The summed E-state index contributed by atoms with van der Waals surface area (Å²) in [7, 11) is 0. The van der Waals surface area contributed by atoms with Crippen LogP contribution in [0.5, 0.6) is 0 Å². The molecule has 29 heavy (non-hydrogen) atoms. The maximum atomic E-state index is 12.0. The van der Waals surface area contributed by atoms with Gasteiger partial charge < -0.3 is 19.9 Å². The SMILES string of the molecule is CCNC(=NCc1cccc(N2CC=CC2)c1)N1CCC(C(=O)OCC)CC1.I. The van der Waals surface area contributed by atoms with Crippen molar-refractivity contribution in [3.8, 4) is 0 Å². The quantitative estimate of drug-likeness (QED) is 0.208. The molecule has 2 heterocycles. The van der Waals surface area contributed by atoms with Crippen LogP contribution in [0.3, 0.4) is 0 Å². The van der Waals surface area contributed by atoms with Gasteiger partial charge in [0.2, 0.25) is 0 Å². The van der Waals surface area contributed by atoms with Crippen molar-refractivity contribution in [3.05, 3.63) is 42.0 Å². The Morgan fingerprint density at radius 1 is 1.21 bits per heavy atom. The third kappa shape index (κ3) is 6.62. The Hall–Kier alpha value is -1.77. The zero-order valence-electron chi connectivity index (χ0n) is 17.5. The van der Waals surface area contributed by atoms with Gasteiger partial charge in [-0.1, -0.05) is 24.3 Å². The highest BCUT2D eigenvalue weighted by atomic mass is 127. The molecule has 0 amide bonds. The van der Waals surface area contributed by atoms with E-state index in [0.29, 0.717) is 13.2 Å². The molecule has 1 aromatic carbocycles. The minimum Gasteiger partial charge on any atom is -0.466 e. The van der Waals surface area contributed by atoms with Gasteiger partial charge >= 0.3 is 5.97 Å². The molecular formula is C22H33IN4O2. The highest BCUT2D eigenvalue weighted by Crippen LogP contribution is 2.20. The van der Waals surface area contributed by atoms with Gasteiger partial charge in [-0.2, -0.15) is 0 Å². The van der Waals surface area contributed by atoms with Gasteiger partial charge in [0.1, 0.15) is 0 Å². The molecule has 1 N–H and O–H groups in total. The normalized spacial score (nSPS) is 17.2. The number of esters is 1. The molecule has 2 aliphatic heterocycles. The molecule has 7 heteroatoms. The molecule has 6 nitrogen and oxygen atoms in total. The fraction of sp³-hybridized carbons (Fsp3) is 0.545. The number of benzene rings is 1. The number of guanidine groups is 1. The number of anilines is 1. The number of carbonyl (C=O) groups is 1. The molecule has 1 aromatic rings. The van der Waals surface area contributed by atoms with Gasteiger partial charge in [0.25, 0.3) is 0 Å². The van der Waals surface area contributed by atoms with E-state index in [2.05, 4.69) is 58.5 Å². The molecule has 1 saturated heterocycles. The summed E-state index contributed by atoms with van der Waals surface area (Å²) in [4.78, 5) is 21.4. The van der Waals surface area contributed by atoms with Gasteiger partial charge in [-0.15, -0.1) is 24.0 Å². The van der Waals surface area contributed by atoms with Gasteiger partial charge in [-0.25, -0.2) is 4.99 Å². The number of nitrogens with zero attached hydrogens (tertiary/aromatic N) is 3. The topological polar surface area (TPSA) is 57.2 Å². The second kappa shape index (κ2) is 12.0. The zero-order chi connectivity index (χ0) is 19.8. The van der Waals surface area contributed by atoms with Crippen LogP contribution in [-0.2, 0) is 16.1 Å². The second-order valence-corrected chi connectivity index (χ2v) is 7.23. The van der Waals surface area contributed by atoms with Crippen molar-refractivity contribution in [2.75, 3.05) is 44.2 Å². The number of aliphatic imine (C=N–C) groups is 1. The van der Waals surface area contributed by atoms with E-state index in [1.807, 2.05) is 6.92 Å². The molecule has 3 rings (SSSR count). The Bertz CT molecular complexity index is 707. The minimum absolute atomic E-state index is 0. The molecule has 160 valence electrons. The first kappa shape index (κ1) is 23.5. The molecule has 0 aliphatic carbocycles. The van der Waals surface area contributed by atoms with Crippen molar-refractivity contribution in [2.45, 2.75) is 33.2 Å². The standard InChI is InChI=1S/C22H32N4O2.HI/c1-3-23-22(26-14-10-19(11-15-26)21(27)28-4-2)24-17-18-8-7-9-20(16-18)25-12-5-6-13-25;/h5-9,16,19H,3-4,10-15,17H2,1-2H3,(H,23,24);1H. The van der Waals surface area contributed by atoms with E-state index in [9.17, 15) is 4.79 Å². The fourth-order valence-electron chi connectivity index (χ4n) is 3.72. The maximum Gasteiger partial charge on any atom is 0.309 e. The van der Waals surface area contributed by atoms with Gasteiger partial charge in [0.15, 0.2) is 5.96 Å². The lowest BCUT2D eigenvalue weighted by atomic mass is 9.97. The predicted octanol–water partition coefficient (Wildman–Crippen LogP) is 3.42. The Balaban J connectivity index is 0.00000300. The van der Waals surface area contributed by atoms with Crippen molar-refractivity contribution in [3.63, 3.8) is 0 Å². The van der Waals surface area contributed by atoms with E-state index in [1.54, 1.807) is 0 Å². The fourth-order valence-corrected chi connectivity index (χ4v) is 3.72. The van der Waals surface area contributed by atoms with Gasteiger partial charge in [0.05, 0.1) is 19.1 Å². The van der Waals surface area contributed by atoms with Crippen molar-refractivity contribution in [1.29, 1.82) is 0 Å². The number of carbonyl (C=O) groups excluding carboxylic acids is 1. The van der Waals surface area contributed by atoms with Crippen LogP contribution in [0.4, 0.5) is 5.69 Å². The number of rotatable bonds is 6. The number of hydrogen-bond acceptors (Lipinski definition) is 4. The first-order chi connectivity index (χ1) is 13.7.